The molecule has 0 amide bonds. The Labute approximate surface area is 66.9 Å². The number of carboxylic acids is 1. The van der Waals surface area contributed by atoms with Crippen molar-refractivity contribution in [2.75, 3.05) is 0 Å². The van der Waals surface area contributed by atoms with E-state index in [9.17, 15) is 4.79 Å². The van der Waals surface area contributed by atoms with Crippen LogP contribution in [-0.2, 0) is 0 Å². The second-order valence-corrected chi connectivity index (χ2v) is 3.33. The quantitative estimate of drug-likeness (QED) is 0.555. The summed E-state index contributed by atoms with van der Waals surface area (Å²) in [5, 5.41) is 8.49. The van der Waals surface area contributed by atoms with E-state index in [0.717, 1.165) is 16.3 Å². The number of carboxylic acid groups (broad SMARTS) is 1. The number of benzene rings is 1. The summed E-state index contributed by atoms with van der Waals surface area (Å²) in [6.07, 6.45) is 0. The molecule has 2 nitrogen and oxygen atoms in total. The molecule has 0 saturated carbocycles. The van der Waals surface area contributed by atoms with Crippen molar-refractivity contribution in [1.82, 2.24) is 0 Å². The molecule has 0 radical (unpaired) electrons. The summed E-state index contributed by atoms with van der Waals surface area (Å²) >= 11 is 0.975. The third-order valence-electron chi connectivity index (χ3n) is 1.30. The lowest BCUT2D eigenvalue weighted by molar-refractivity contribution is 0.0697. The highest BCUT2D eigenvalue weighted by atomic mass is 27.0. The van der Waals surface area contributed by atoms with Crippen LogP contribution in [0.25, 0.3) is 0 Å². The van der Waals surface area contributed by atoms with Crippen molar-refractivity contribution in [2.45, 2.75) is 0 Å². The zero-order chi connectivity index (χ0) is 7.56. The van der Waals surface area contributed by atoms with Gasteiger partial charge in [-0.25, -0.2) is 4.79 Å². The van der Waals surface area contributed by atoms with E-state index in [1.165, 1.54) is 4.43 Å². The Kier molecular flexibility index (Phi) is 2.10. The number of rotatable bonds is 1. The summed E-state index contributed by atoms with van der Waals surface area (Å²) < 4.78 is 1.21. The van der Waals surface area contributed by atoms with E-state index in [4.69, 9.17) is 5.11 Å². The van der Waals surface area contributed by atoms with Crippen molar-refractivity contribution >= 4 is 26.7 Å². The van der Waals surface area contributed by atoms with Crippen LogP contribution in [-0.4, -0.2) is 27.4 Å². The first-order chi connectivity index (χ1) is 4.70. The average molecular weight is 150 g/mol. The Balaban J connectivity index is 3.00. The standard InChI is InChI=1S/C7H5O2.Al.2H/c8-7(9)6-4-2-1-3-5-6;;;/h2-5H,(H,8,9);;;. The van der Waals surface area contributed by atoms with E-state index < -0.39 is 5.97 Å². The van der Waals surface area contributed by atoms with E-state index >= 15 is 0 Å². The zero-order valence-corrected chi connectivity index (χ0v) is 7.66. The number of aromatic carboxylic acids is 1. The summed E-state index contributed by atoms with van der Waals surface area (Å²) in [4.78, 5) is 10.3. The zero-order valence-electron chi connectivity index (χ0n) is 5.66. The number of hydrogen-bond donors (Lipinski definition) is 1. The highest BCUT2D eigenvalue weighted by Gasteiger charge is 1.98. The molecule has 1 aromatic carbocycles. The van der Waals surface area contributed by atoms with Crippen LogP contribution in [0.3, 0.4) is 0 Å². The smallest absolute Gasteiger partial charge is 0.335 e. The van der Waals surface area contributed by atoms with E-state index in [1.807, 2.05) is 12.1 Å². The van der Waals surface area contributed by atoms with Crippen molar-refractivity contribution in [3.8, 4) is 0 Å². The molecule has 0 aliphatic heterocycles. The van der Waals surface area contributed by atoms with Crippen molar-refractivity contribution < 1.29 is 9.90 Å². The summed E-state index contributed by atoms with van der Waals surface area (Å²) in [6.45, 7) is 0. The van der Waals surface area contributed by atoms with E-state index in [0.29, 0.717) is 5.56 Å². The van der Waals surface area contributed by atoms with Gasteiger partial charge >= 0.3 is 5.97 Å². The molecule has 1 N–H and O–H groups in total. The van der Waals surface area contributed by atoms with Crippen LogP contribution in [0.15, 0.2) is 24.3 Å². The third kappa shape index (κ3) is 1.60. The van der Waals surface area contributed by atoms with Gasteiger partial charge in [-0.05, 0) is 12.1 Å². The third-order valence-corrected chi connectivity index (χ3v) is 1.97. The van der Waals surface area contributed by atoms with Gasteiger partial charge in [0.1, 0.15) is 0 Å². The molecule has 0 atom stereocenters. The van der Waals surface area contributed by atoms with Crippen LogP contribution in [0.4, 0.5) is 0 Å². The fourth-order valence-corrected chi connectivity index (χ4v) is 1.03. The molecule has 1 aromatic rings. The average Bonchev–Trinajstić information content (AvgIpc) is 1.88. The Morgan fingerprint density at radius 2 is 1.80 bits per heavy atom. The summed E-state index contributed by atoms with van der Waals surface area (Å²) in [5.74, 6) is -0.860. The molecule has 1 rings (SSSR count). The molecule has 3 heteroatoms. The van der Waals surface area contributed by atoms with Crippen molar-refractivity contribution in [1.29, 1.82) is 0 Å². The fraction of sp³-hybridized carbons (Fsp3) is 0. The van der Waals surface area contributed by atoms with Crippen LogP contribution < -0.4 is 4.43 Å². The molecule has 50 valence electrons. The molecular weight excluding hydrogens is 143 g/mol. The lowest BCUT2D eigenvalue weighted by Crippen LogP contribution is -2.03. The van der Waals surface area contributed by atoms with Gasteiger partial charge in [-0.1, -0.05) is 12.1 Å². The number of hydrogen-bond acceptors (Lipinski definition) is 1. The van der Waals surface area contributed by atoms with E-state index in [1.54, 1.807) is 12.1 Å². The minimum absolute atomic E-state index is 0.361. The first-order valence-electron chi connectivity index (χ1n) is 3.00. The second kappa shape index (κ2) is 2.87. The molecule has 0 aliphatic rings. The lowest BCUT2D eigenvalue weighted by Gasteiger charge is -1.93. The molecular formula is C7H7AlO2. The van der Waals surface area contributed by atoms with Crippen LogP contribution in [0.2, 0.25) is 0 Å². The van der Waals surface area contributed by atoms with E-state index in [2.05, 4.69) is 0 Å². The molecule has 0 heterocycles. The van der Waals surface area contributed by atoms with Crippen molar-refractivity contribution in [3.05, 3.63) is 29.8 Å². The molecule has 0 bridgehead atoms. The number of carbonyl (C=O) groups is 1. The van der Waals surface area contributed by atoms with Gasteiger partial charge in [-0.2, -0.15) is 0 Å². The SMILES string of the molecule is O=C(O)c1cc[c]([AlH2])cc1. The molecule has 0 fully saturated rings. The van der Waals surface area contributed by atoms with Gasteiger partial charge in [0, 0.05) is 0 Å². The normalized spacial score (nSPS) is 9.20. The highest BCUT2D eigenvalue weighted by Crippen LogP contribution is 1.94. The minimum Gasteiger partial charge on any atom is -0.478 e. The molecule has 0 spiro atoms. The minimum atomic E-state index is -0.860. The van der Waals surface area contributed by atoms with Gasteiger partial charge < -0.3 is 5.11 Å². The highest BCUT2D eigenvalue weighted by molar-refractivity contribution is 6.32. The lowest BCUT2D eigenvalue weighted by atomic mass is 10.2. The van der Waals surface area contributed by atoms with Gasteiger partial charge in [-0.3, -0.25) is 0 Å². The Morgan fingerprint density at radius 1 is 1.30 bits per heavy atom. The Bertz CT molecular complexity index is 240. The fourth-order valence-electron chi connectivity index (χ4n) is 0.696. The summed E-state index contributed by atoms with van der Waals surface area (Å²) in [6, 6.07) is 6.95. The van der Waals surface area contributed by atoms with Gasteiger partial charge in [0.05, 0.1) is 5.56 Å². The predicted octanol–water partition coefficient (Wildman–Crippen LogP) is -0.357. The maximum absolute atomic E-state index is 10.3. The van der Waals surface area contributed by atoms with Crippen molar-refractivity contribution in [3.63, 3.8) is 0 Å². The molecule has 0 saturated heterocycles. The Hall–Kier alpha value is -0.778. The maximum atomic E-state index is 10.3. The molecule has 0 aromatic heterocycles. The van der Waals surface area contributed by atoms with Crippen LogP contribution in [0, 0.1) is 0 Å². The molecule has 10 heavy (non-hydrogen) atoms. The van der Waals surface area contributed by atoms with Gasteiger partial charge in [-0.15, -0.1) is 4.43 Å². The monoisotopic (exact) mass is 150 g/mol. The largest absolute Gasteiger partial charge is 0.478 e. The Morgan fingerprint density at radius 3 is 2.20 bits per heavy atom. The second-order valence-electron chi connectivity index (χ2n) is 2.17. The summed E-state index contributed by atoms with van der Waals surface area (Å²) in [5.41, 5.74) is 0.361. The van der Waals surface area contributed by atoms with Crippen LogP contribution in [0.1, 0.15) is 10.4 Å². The van der Waals surface area contributed by atoms with Crippen LogP contribution in [0.5, 0.6) is 0 Å². The van der Waals surface area contributed by atoms with Crippen molar-refractivity contribution in [2.24, 2.45) is 0 Å². The maximum Gasteiger partial charge on any atom is 0.335 e. The van der Waals surface area contributed by atoms with Gasteiger partial charge in [0.25, 0.3) is 16.3 Å². The molecule has 0 aliphatic carbocycles. The van der Waals surface area contributed by atoms with Gasteiger partial charge in [0.2, 0.25) is 0 Å². The van der Waals surface area contributed by atoms with Crippen LogP contribution >= 0.6 is 0 Å². The first-order valence-corrected chi connectivity index (χ1v) is 4.00. The van der Waals surface area contributed by atoms with Gasteiger partial charge in [0.15, 0.2) is 0 Å². The van der Waals surface area contributed by atoms with E-state index in [-0.39, 0.29) is 0 Å². The summed E-state index contributed by atoms with van der Waals surface area (Å²) in [7, 11) is 0. The molecule has 0 unspecified atom stereocenters. The first kappa shape index (κ1) is 7.33. The predicted molar refractivity (Wildman–Crippen MR) is 41.6 cm³/mol. The topological polar surface area (TPSA) is 37.3 Å².